The second-order valence-corrected chi connectivity index (χ2v) is 7.36. The number of para-hydroxylation sites is 1. The molecule has 6 nitrogen and oxygen atoms in total. The van der Waals surface area contributed by atoms with Gasteiger partial charge >= 0.3 is 0 Å². The van der Waals surface area contributed by atoms with Crippen molar-refractivity contribution in [2.75, 3.05) is 18.0 Å². The van der Waals surface area contributed by atoms with Crippen molar-refractivity contribution >= 4 is 22.6 Å². The molecule has 1 fully saturated rings. The zero-order valence-corrected chi connectivity index (χ0v) is 16.0. The molecule has 28 heavy (non-hydrogen) atoms. The first-order valence-corrected chi connectivity index (χ1v) is 10.0. The first kappa shape index (κ1) is 17.0. The Kier molecular flexibility index (Phi) is 4.11. The molecule has 0 atom stereocenters. The molecule has 6 heteroatoms. The number of aryl methyl sites for hydroxylation is 1. The Balaban J connectivity index is 1.83. The number of benzene rings is 2. The van der Waals surface area contributed by atoms with Crippen LogP contribution >= 0.6 is 0 Å². The van der Waals surface area contributed by atoms with Gasteiger partial charge in [0, 0.05) is 13.1 Å². The SMILES string of the molecule is CCc1ccc(-n2c(=O)c3ccccc3n3c(N4CCCCC4)nnc23)cc1. The minimum atomic E-state index is -0.0649. The van der Waals surface area contributed by atoms with E-state index in [1.807, 2.05) is 40.8 Å². The van der Waals surface area contributed by atoms with E-state index in [1.165, 1.54) is 12.0 Å². The van der Waals surface area contributed by atoms with Gasteiger partial charge in [0.15, 0.2) is 0 Å². The van der Waals surface area contributed by atoms with Crippen molar-refractivity contribution < 1.29 is 0 Å². The van der Waals surface area contributed by atoms with Crippen LogP contribution in [0.1, 0.15) is 31.7 Å². The van der Waals surface area contributed by atoms with Crippen LogP contribution in [0.4, 0.5) is 5.95 Å². The largest absolute Gasteiger partial charge is 0.341 e. The Labute approximate surface area is 163 Å². The van der Waals surface area contributed by atoms with Gasteiger partial charge in [-0.1, -0.05) is 31.2 Å². The third-order valence-corrected chi connectivity index (χ3v) is 5.65. The first-order valence-electron chi connectivity index (χ1n) is 10.0. The Bertz CT molecular complexity index is 1200. The van der Waals surface area contributed by atoms with E-state index in [0.29, 0.717) is 11.2 Å². The lowest BCUT2D eigenvalue weighted by Gasteiger charge is -2.26. The molecule has 3 heterocycles. The number of aromatic nitrogens is 4. The highest BCUT2D eigenvalue weighted by Crippen LogP contribution is 2.24. The number of hydrogen-bond acceptors (Lipinski definition) is 4. The molecular weight excluding hydrogens is 350 g/mol. The van der Waals surface area contributed by atoms with Gasteiger partial charge in [0.1, 0.15) is 0 Å². The number of nitrogens with zero attached hydrogens (tertiary/aromatic N) is 5. The average molecular weight is 373 g/mol. The standard InChI is InChI=1S/C22H23N5O/c1-2-16-10-12-17(13-11-16)26-20(28)18-8-4-5-9-19(18)27-21(23-24-22(26)27)25-14-6-3-7-15-25/h4-5,8-13H,2-3,6-7,14-15H2,1H3. The van der Waals surface area contributed by atoms with E-state index in [1.54, 1.807) is 4.57 Å². The van der Waals surface area contributed by atoms with Crippen molar-refractivity contribution in [3.05, 3.63) is 64.4 Å². The smallest absolute Gasteiger partial charge is 0.267 e. The van der Waals surface area contributed by atoms with Gasteiger partial charge in [-0.25, -0.2) is 8.97 Å². The van der Waals surface area contributed by atoms with Crippen LogP contribution in [0.2, 0.25) is 0 Å². The maximum Gasteiger partial charge on any atom is 0.267 e. The van der Waals surface area contributed by atoms with E-state index in [0.717, 1.165) is 49.5 Å². The molecule has 0 unspecified atom stereocenters. The number of rotatable bonds is 3. The summed E-state index contributed by atoms with van der Waals surface area (Å²) in [5.41, 5.74) is 2.85. The van der Waals surface area contributed by atoms with Gasteiger partial charge < -0.3 is 4.90 Å². The summed E-state index contributed by atoms with van der Waals surface area (Å²) in [5, 5.41) is 9.64. The van der Waals surface area contributed by atoms with Crippen molar-refractivity contribution in [3.8, 4) is 5.69 Å². The van der Waals surface area contributed by atoms with Gasteiger partial charge in [-0.05, 0) is 55.5 Å². The van der Waals surface area contributed by atoms with Gasteiger partial charge in [0.25, 0.3) is 5.56 Å². The maximum atomic E-state index is 13.4. The Morgan fingerprint density at radius 1 is 0.929 bits per heavy atom. The molecule has 142 valence electrons. The molecule has 1 aliphatic rings. The highest BCUT2D eigenvalue weighted by atomic mass is 16.1. The van der Waals surface area contributed by atoms with E-state index in [2.05, 4.69) is 34.2 Å². The molecule has 0 aliphatic carbocycles. The summed E-state index contributed by atoms with van der Waals surface area (Å²) in [4.78, 5) is 15.6. The van der Waals surface area contributed by atoms with Crippen molar-refractivity contribution in [1.29, 1.82) is 0 Å². The Hall–Kier alpha value is -3.15. The van der Waals surface area contributed by atoms with E-state index >= 15 is 0 Å². The molecule has 0 spiro atoms. The number of piperidine rings is 1. The van der Waals surface area contributed by atoms with Crippen molar-refractivity contribution in [1.82, 2.24) is 19.2 Å². The van der Waals surface area contributed by atoms with Crippen LogP contribution in [0.3, 0.4) is 0 Å². The van der Waals surface area contributed by atoms with Gasteiger partial charge in [0.2, 0.25) is 11.7 Å². The third-order valence-electron chi connectivity index (χ3n) is 5.65. The Morgan fingerprint density at radius 2 is 1.68 bits per heavy atom. The summed E-state index contributed by atoms with van der Waals surface area (Å²) < 4.78 is 3.72. The van der Waals surface area contributed by atoms with E-state index < -0.39 is 0 Å². The summed E-state index contributed by atoms with van der Waals surface area (Å²) in [5.74, 6) is 1.39. The van der Waals surface area contributed by atoms with E-state index in [9.17, 15) is 4.79 Å². The fourth-order valence-corrected chi connectivity index (χ4v) is 4.10. The fourth-order valence-electron chi connectivity index (χ4n) is 4.10. The second-order valence-electron chi connectivity index (χ2n) is 7.36. The fraction of sp³-hybridized carbons (Fsp3) is 0.318. The highest BCUT2D eigenvalue weighted by Gasteiger charge is 2.22. The lowest BCUT2D eigenvalue weighted by Crippen LogP contribution is -2.31. The van der Waals surface area contributed by atoms with Gasteiger partial charge in [-0.15, -0.1) is 10.2 Å². The molecular formula is C22H23N5O. The minimum Gasteiger partial charge on any atom is -0.341 e. The number of hydrogen-bond donors (Lipinski definition) is 0. The van der Waals surface area contributed by atoms with Gasteiger partial charge in [-0.3, -0.25) is 4.79 Å². The molecule has 1 saturated heterocycles. The normalized spacial score (nSPS) is 14.8. The summed E-state index contributed by atoms with van der Waals surface area (Å²) in [6, 6.07) is 15.8. The van der Waals surface area contributed by atoms with Crippen molar-refractivity contribution in [2.45, 2.75) is 32.6 Å². The molecule has 0 amide bonds. The second kappa shape index (κ2) is 6.78. The summed E-state index contributed by atoms with van der Waals surface area (Å²) in [6.07, 6.45) is 4.53. The van der Waals surface area contributed by atoms with E-state index in [-0.39, 0.29) is 5.56 Å². The first-order chi connectivity index (χ1) is 13.8. The quantitative estimate of drug-likeness (QED) is 0.551. The molecule has 0 N–H and O–H groups in total. The zero-order valence-electron chi connectivity index (χ0n) is 16.0. The van der Waals surface area contributed by atoms with Crippen LogP contribution in [0, 0.1) is 0 Å². The number of fused-ring (bicyclic) bond motifs is 3. The van der Waals surface area contributed by atoms with Crippen LogP contribution in [0.15, 0.2) is 53.3 Å². The van der Waals surface area contributed by atoms with E-state index in [4.69, 9.17) is 0 Å². The van der Waals surface area contributed by atoms with Crippen LogP contribution in [0.5, 0.6) is 0 Å². The number of anilines is 1. The molecule has 5 rings (SSSR count). The molecule has 4 aromatic rings. The predicted octanol–water partition coefficient (Wildman–Crippen LogP) is 3.59. The monoisotopic (exact) mass is 373 g/mol. The molecule has 1 aliphatic heterocycles. The Morgan fingerprint density at radius 3 is 2.43 bits per heavy atom. The van der Waals surface area contributed by atoms with Gasteiger partial charge in [-0.2, -0.15) is 0 Å². The lowest BCUT2D eigenvalue weighted by molar-refractivity contribution is 0.567. The molecule has 0 saturated carbocycles. The van der Waals surface area contributed by atoms with Crippen molar-refractivity contribution in [3.63, 3.8) is 0 Å². The molecule has 0 radical (unpaired) electrons. The highest BCUT2D eigenvalue weighted by molar-refractivity contribution is 5.82. The molecule has 0 bridgehead atoms. The predicted molar refractivity (Wildman–Crippen MR) is 112 cm³/mol. The summed E-state index contributed by atoms with van der Waals surface area (Å²) in [7, 11) is 0. The molecule has 2 aromatic heterocycles. The topological polar surface area (TPSA) is 55.4 Å². The van der Waals surface area contributed by atoms with Crippen molar-refractivity contribution in [2.24, 2.45) is 0 Å². The maximum absolute atomic E-state index is 13.4. The minimum absolute atomic E-state index is 0.0649. The molecule has 2 aromatic carbocycles. The summed E-state index contributed by atoms with van der Waals surface area (Å²) in [6.45, 7) is 4.07. The van der Waals surface area contributed by atoms with Crippen LogP contribution in [-0.4, -0.2) is 32.3 Å². The summed E-state index contributed by atoms with van der Waals surface area (Å²) >= 11 is 0. The third kappa shape index (κ3) is 2.59. The zero-order chi connectivity index (χ0) is 19.1. The van der Waals surface area contributed by atoms with Gasteiger partial charge in [0.05, 0.1) is 16.6 Å². The van der Waals surface area contributed by atoms with Crippen LogP contribution in [0.25, 0.3) is 22.4 Å². The van der Waals surface area contributed by atoms with Crippen LogP contribution < -0.4 is 10.5 Å². The lowest BCUT2D eigenvalue weighted by atomic mass is 10.1. The average Bonchev–Trinajstić information content (AvgIpc) is 3.20. The van der Waals surface area contributed by atoms with Crippen LogP contribution in [-0.2, 0) is 6.42 Å².